The van der Waals surface area contributed by atoms with E-state index in [1.54, 1.807) is 50.2 Å². The lowest BCUT2D eigenvalue weighted by Gasteiger charge is -2.43. The fourth-order valence-corrected chi connectivity index (χ4v) is 5.26. The van der Waals surface area contributed by atoms with Gasteiger partial charge in [-0.25, -0.2) is 9.69 Å². The molecule has 0 spiro atoms. The Morgan fingerprint density at radius 2 is 1.86 bits per heavy atom. The summed E-state index contributed by atoms with van der Waals surface area (Å²) >= 11 is 0. The number of rotatable bonds is 6. The minimum absolute atomic E-state index is 0.0190. The normalized spacial score (nSPS) is 29.0. The number of phenols is 1. The molecule has 3 fully saturated rings. The van der Waals surface area contributed by atoms with Crippen LogP contribution in [0.5, 0.6) is 5.75 Å². The quantitative estimate of drug-likeness (QED) is 0.590. The number of nitrogens with zero attached hydrogens (tertiary/aromatic N) is 2. The molecular weight excluding hydrogens is 480 g/mol. The van der Waals surface area contributed by atoms with E-state index in [-0.39, 0.29) is 24.5 Å². The highest BCUT2D eigenvalue weighted by molar-refractivity contribution is 6.16. The Morgan fingerprint density at radius 1 is 1.11 bits per heavy atom. The van der Waals surface area contributed by atoms with E-state index in [1.165, 1.54) is 31.1 Å². The molecule has 2 aromatic carbocycles. The molecule has 10 nitrogen and oxygen atoms in total. The summed E-state index contributed by atoms with van der Waals surface area (Å²) in [5, 5.41) is 10.4. The zero-order valence-electron chi connectivity index (χ0n) is 21.1. The van der Waals surface area contributed by atoms with Gasteiger partial charge in [-0.1, -0.05) is 30.3 Å². The van der Waals surface area contributed by atoms with Crippen molar-refractivity contribution < 1.29 is 38.4 Å². The molecule has 3 aliphatic heterocycles. The minimum atomic E-state index is -0.858. The van der Waals surface area contributed by atoms with Gasteiger partial charge in [-0.05, 0) is 39.0 Å². The monoisotopic (exact) mass is 510 g/mol. The van der Waals surface area contributed by atoms with Gasteiger partial charge < -0.3 is 29.0 Å². The number of ether oxygens (including phenoxy) is 4. The second kappa shape index (κ2) is 9.53. The van der Waals surface area contributed by atoms with Crippen molar-refractivity contribution >= 4 is 23.4 Å². The maximum Gasteiger partial charge on any atom is 0.332 e. The standard InChI is InChI=1S/C27H30N2O8/c1-15(30)16-9-7-10-18(12-16)29-21(32)13-19(28(26(29)33)14-17-8-5-6-11-20(17)31)22-23(34-4)24-25(35-22)37-27(2,3)36-24/h5-12,19,22-25,31H,13-14H2,1-4H3/t19?,22-,23+,24-,25-/m1/s1. The Morgan fingerprint density at radius 3 is 2.57 bits per heavy atom. The Kier molecular flexibility index (Phi) is 6.53. The van der Waals surface area contributed by atoms with Gasteiger partial charge in [0.15, 0.2) is 17.9 Å². The van der Waals surface area contributed by atoms with Gasteiger partial charge in [-0.3, -0.25) is 9.59 Å². The second-order valence-corrected chi connectivity index (χ2v) is 9.92. The molecule has 37 heavy (non-hydrogen) atoms. The minimum Gasteiger partial charge on any atom is -0.508 e. The van der Waals surface area contributed by atoms with Crippen molar-refractivity contribution in [3.8, 4) is 5.75 Å². The van der Waals surface area contributed by atoms with Gasteiger partial charge in [-0.2, -0.15) is 0 Å². The number of aromatic hydroxyl groups is 1. The number of hydrogen-bond donors (Lipinski definition) is 1. The lowest BCUT2D eigenvalue weighted by atomic mass is 9.95. The largest absolute Gasteiger partial charge is 0.508 e. The number of hydrogen-bond acceptors (Lipinski definition) is 8. The molecule has 2 aromatic rings. The van der Waals surface area contributed by atoms with Gasteiger partial charge in [0.25, 0.3) is 0 Å². The number of ketones is 1. The van der Waals surface area contributed by atoms with Crippen molar-refractivity contribution in [2.75, 3.05) is 12.0 Å². The summed E-state index contributed by atoms with van der Waals surface area (Å²) in [5.74, 6) is -1.46. The SMILES string of the molecule is CO[C@@H]1[C@H]2OC(C)(C)O[C@H]2O[C@@H]1C1CC(=O)N(c2cccc(C(C)=O)c2)C(=O)N1Cc1ccccc1O. The summed E-state index contributed by atoms with van der Waals surface area (Å²) < 4.78 is 23.8. The molecular formula is C27H30N2O8. The fraction of sp³-hybridized carbons (Fsp3) is 0.444. The first kappa shape index (κ1) is 25.3. The van der Waals surface area contributed by atoms with Crippen molar-refractivity contribution in [1.82, 2.24) is 4.90 Å². The van der Waals surface area contributed by atoms with Crippen LogP contribution in [0.2, 0.25) is 0 Å². The van der Waals surface area contributed by atoms with E-state index in [4.69, 9.17) is 18.9 Å². The number of methoxy groups -OCH3 is 1. The van der Waals surface area contributed by atoms with Crippen molar-refractivity contribution in [2.24, 2.45) is 0 Å². The van der Waals surface area contributed by atoms with Crippen LogP contribution >= 0.6 is 0 Å². The van der Waals surface area contributed by atoms with Crippen molar-refractivity contribution in [3.05, 3.63) is 59.7 Å². The van der Waals surface area contributed by atoms with Gasteiger partial charge in [0, 0.05) is 18.2 Å². The maximum absolute atomic E-state index is 14.0. The molecule has 3 aliphatic rings. The molecule has 3 saturated heterocycles. The summed E-state index contributed by atoms with van der Waals surface area (Å²) in [4.78, 5) is 41.9. The van der Waals surface area contributed by atoms with Gasteiger partial charge in [0.2, 0.25) is 5.91 Å². The van der Waals surface area contributed by atoms with Crippen LogP contribution in [0, 0.1) is 0 Å². The van der Waals surface area contributed by atoms with Gasteiger partial charge >= 0.3 is 6.03 Å². The highest BCUT2D eigenvalue weighted by Gasteiger charge is 2.59. The van der Waals surface area contributed by atoms with Crippen LogP contribution in [-0.2, 0) is 30.3 Å². The van der Waals surface area contributed by atoms with E-state index in [1.807, 2.05) is 0 Å². The van der Waals surface area contributed by atoms with Crippen molar-refractivity contribution in [3.63, 3.8) is 0 Å². The van der Waals surface area contributed by atoms with Crippen LogP contribution in [0.25, 0.3) is 0 Å². The van der Waals surface area contributed by atoms with Crippen molar-refractivity contribution in [2.45, 2.75) is 70.2 Å². The first-order valence-corrected chi connectivity index (χ1v) is 12.1. The summed E-state index contributed by atoms with van der Waals surface area (Å²) in [7, 11) is 1.53. The second-order valence-electron chi connectivity index (χ2n) is 9.92. The molecule has 1 unspecified atom stereocenters. The van der Waals surface area contributed by atoms with E-state index in [2.05, 4.69) is 0 Å². The van der Waals surface area contributed by atoms with Crippen LogP contribution in [0.4, 0.5) is 10.5 Å². The molecule has 0 radical (unpaired) electrons. The molecule has 1 N–H and O–H groups in total. The van der Waals surface area contributed by atoms with E-state index in [9.17, 15) is 19.5 Å². The third kappa shape index (κ3) is 4.61. The zero-order valence-corrected chi connectivity index (χ0v) is 21.1. The Bertz CT molecular complexity index is 1230. The molecule has 10 heteroatoms. The van der Waals surface area contributed by atoms with E-state index < -0.39 is 48.4 Å². The zero-order chi connectivity index (χ0) is 26.5. The highest BCUT2D eigenvalue weighted by Crippen LogP contribution is 2.42. The number of carbonyl (C=O) groups excluding carboxylic acids is 3. The molecule has 196 valence electrons. The number of para-hydroxylation sites is 1. The van der Waals surface area contributed by atoms with Crippen LogP contribution in [0.1, 0.15) is 43.1 Å². The molecule has 0 bridgehead atoms. The number of urea groups is 1. The van der Waals surface area contributed by atoms with Gasteiger partial charge in [-0.15, -0.1) is 0 Å². The number of Topliss-reactive ketones (excluding diaryl/α,β-unsaturated/α-hetero) is 1. The average Bonchev–Trinajstić information content (AvgIpc) is 3.33. The molecule has 5 rings (SSSR count). The topological polar surface area (TPSA) is 115 Å². The number of imide groups is 1. The van der Waals surface area contributed by atoms with E-state index >= 15 is 0 Å². The molecule has 0 aromatic heterocycles. The predicted octanol–water partition coefficient (Wildman–Crippen LogP) is 3.21. The number of benzene rings is 2. The lowest BCUT2D eigenvalue weighted by Crippen LogP contribution is -2.62. The molecule has 5 atom stereocenters. The average molecular weight is 511 g/mol. The third-order valence-electron chi connectivity index (χ3n) is 6.99. The number of phenolic OH excluding ortho intramolecular Hbond substituents is 1. The van der Waals surface area contributed by atoms with Crippen LogP contribution in [0.3, 0.4) is 0 Å². The molecule has 3 amide bonds. The smallest absolute Gasteiger partial charge is 0.332 e. The van der Waals surface area contributed by atoms with Gasteiger partial charge in [0.05, 0.1) is 24.7 Å². The Labute approximate surface area is 214 Å². The van der Waals surface area contributed by atoms with Crippen molar-refractivity contribution in [1.29, 1.82) is 0 Å². The Hall–Kier alpha value is -3.31. The summed E-state index contributed by atoms with van der Waals surface area (Å²) in [6, 6.07) is 11.8. The van der Waals surface area contributed by atoms with E-state index in [0.717, 1.165) is 4.90 Å². The summed E-state index contributed by atoms with van der Waals surface area (Å²) in [6.07, 6.45) is -2.64. The highest BCUT2D eigenvalue weighted by atomic mass is 16.8. The first-order chi connectivity index (χ1) is 17.6. The third-order valence-corrected chi connectivity index (χ3v) is 6.99. The summed E-state index contributed by atoms with van der Waals surface area (Å²) in [6.45, 7) is 5.00. The lowest BCUT2D eigenvalue weighted by molar-refractivity contribution is -0.223. The van der Waals surface area contributed by atoms with E-state index in [0.29, 0.717) is 16.8 Å². The fourth-order valence-electron chi connectivity index (χ4n) is 5.26. The Balaban J connectivity index is 1.51. The molecule has 0 saturated carbocycles. The van der Waals surface area contributed by atoms with Crippen LogP contribution < -0.4 is 4.90 Å². The number of carbonyl (C=O) groups is 3. The predicted molar refractivity (Wildman–Crippen MR) is 131 cm³/mol. The number of anilines is 1. The molecule has 3 heterocycles. The van der Waals surface area contributed by atoms with Crippen LogP contribution in [-0.4, -0.2) is 71.3 Å². The summed E-state index contributed by atoms with van der Waals surface area (Å²) in [5.41, 5.74) is 1.19. The van der Waals surface area contributed by atoms with Crippen LogP contribution in [0.15, 0.2) is 48.5 Å². The number of amides is 3. The maximum atomic E-state index is 14.0. The van der Waals surface area contributed by atoms with Gasteiger partial charge in [0.1, 0.15) is 24.1 Å². The number of fused-ring (bicyclic) bond motifs is 1. The molecule has 0 aliphatic carbocycles. The first-order valence-electron chi connectivity index (χ1n) is 12.1.